The molecule has 0 saturated carbocycles. The number of benzene rings is 1. The summed E-state index contributed by atoms with van der Waals surface area (Å²) >= 11 is 1.61. The highest BCUT2D eigenvalue weighted by Crippen LogP contribution is 2.24. The minimum atomic E-state index is -0.412. The number of H-pyrrole nitrogens is 1. The van der Waals surface area contributed by atoms with Crippen molar-refractivity contribution in [3.8, 4) is 0 Å². The van der Waals surface area contributed by atoms with Crippen LogP contribution in [-0.4, -0.2) is 39.4 Å². The zero-order chi connectivity index (χ0) is 16.2. The van der Waals surface area contributed by atoms with Gasteiger partial charge in [0, 0.05) is 24.2 Å². The Balaban J connectivity index is 1.65. The van der Waals surface area contributed by atoms with Crippen molar-refractivity contribution in [2.45, 2.75) is 19.5 Å². The number of carbonyl (C=O) groups excluding carboxylic acids is 2. The van der Waals surface area contributed by atoms with E-state index in [1.165, 1.54) is 0 Å². The number of nitrogens with one attached hydrogen (secondary N) is 2. The van der Waals surface area contributed by atoms with Gasteiger partial charge in [-0.3, -0.25) is 9.59 Å². The van der Waals surface area contributed by atoms with Gasteiger partial charge in [-0.2, -0.15) is 0 Å². The molecule has 2 amide bonds. The van der Waals surface area contributed by atoms with E-state index in [1.807, 2.05) is 37.3 Å². The van der Waals surface area contributed by atoms with E-state index in [0.29, 0.717) is 23.7 Å². The second-order valence-electron chi connectivity index (χ2n) is 5.51. The van der Waals surface area contributed by atoms with Crippen LogP contribution in [0.4, 0.5) is 0 Å². The van der Waals surface area contributed by atoms with Crippen molar-refractivity contribution in [2.24, 2.45) is 0 Å². The maximum Gasteiger partial charge on any atom is 0.257 e. The van der Waals surface area contributed by atoms with Crippen molar-refractivity contribution in [3.05, 3.63) is 59.4 Å². The van der Waals surface area contributed by atoms with E-state index in [0.717, 1.165) is 11.3 Å². The van der Waals surface area contributed by atoms with Gasteiger partial charge in [-0.1, -0.05) is 30.3 Å². The normalized spacial score (nSPS) is 17.3. The van der Waals surface area contributed by atoms with Crippen molar-refractivity contribution in [1.29, 1.82) is 0 Å². The summed E-state index contributed by atoms with van der Waals surface area (Å²) in [6, 6.07) is 11.1. The molecule has 1 atom stereocenters. The molecule has 23 heavy (non-hydrogen) atoms. The van der Waals surface area contributed by atoms with Gasteiger partial charge in [0.2, 0.25) is 5.91 Å². The molecule has 2 heterocycles. The zero-order valence-corrected chi connectivity index (χ0v) is 13.7. The first-order valence-electron chi connectivity index (χ1n) is 7.51. The summed E-state index contributed by atoms with van der Waals surface area (Å²) in [6.45, 7) is 2.34. The van der Waals surface area contributed by atoms with Crippen LogP contribution in [0.5, 0.6) is 0 Å². The lowest BCUT2D eigenvalue weighted by atomic mass is 10.2. The molecule has 5 nitrogen and oxygen atoms in total. The number of aryl methyl sites for hydroxylation is 1. The fraction of sp³-hybridized carbons (Fsp3) is 0.294. The van der Waals surface area contributed by atoms with Gasteiger partial charge in [-0.15, -0.1) is 11.8 Å². The van der Waals surface area contributed by atoms with E-state index >= 15 is 0 Å². The fourth-order valence-corrected chi connectivity index (χ4v) is 3.76. The Morgan fingerprint density at radius 1 is 1.30 bits per heavy atom. The number of hydrogen-bond donors (Lipinski definition) is 2. The number of hydrogen-bond acceptors (Lipinski definition) is 3. The molecule has 0 bridgehead atoms. The van der Waals surface area contributed by atoms with Crippen LogP contribution in [0.25, 0.3) is 0 Å². The number of aromatic amines is 1. The minimum Gasteiger partial charge on any atom is -0.365 e. The molecule has 1 aliphatic rings. The largest absolute Gasteiger partial charge is 0.365 e. The number of amides is 2. The Morgan fingerprint density at radius 2 is 2.09 bits per heavy atom. The third-order valence-corrected chi connectivity index (χ3v) is 4.95. The minimum absolute atomic E-state index is 0.0892. The van der Waals surface area contributed by atoms with Gasteiger partial charge in [-0.05, 0) is 18.6 Å². The molecule has 2 aromatic rings. The standard InChI is InChI=1S/C17H19N3O2S/c1-12-14(7-8-18-12)17(22)20-11-23-10-15(20)16(21)19-9-13-5-3-2-4-6-13/h2-8,15,18H,9-11H2,1H3,(H,19,21)/t15-/m0/s1. The second-order valence-corrected chi connectivity index (χ2v) is 6.51. The number of nitrogens with zero attached hydrogens (tertiary/aromatic N) is 1. The van der Waals surface area contributed by atoms with Crippen molar-refractivity contribution in [2.75, 3.05) is 11.6 Å². The van der Waals surface area contributed by atoms with Crippen molar-refractivity contribution in [1.82, 2.24) is 15.2 Å². The molecular weight excluding hydrogens is 310 g/mol. The van der Waals surface area contributed by atoms with Gasteiger partial charge in [0.05, 0.1) is 11.4 Å². The summed E-state index contributed by atoms with van der Waals surface area (Å²) in [5, 5.41) is 2.93. The number of carbonyl (C=O) groups is 2. The van der Waals surface area contributed by atoms with Crippen LogP contribution in [0.1, 0.15) is 21.6 Å². The van der Waals surface area contributed by atoms with E-state index in [4.69, 9.17) is 0 Å². The Morgan fingerprint density at radius 3 is 2.78 bits per heavy atom. The molecular formula is C17H19N3O2S. The summed E-state index contributed by atoms with van der Waals surface area (Å²) in [5.74, 6) is 0.997. The zero-order valence-electron chi connectivity index (χ0n) is 12.9. The highest BCUT2D eigenvalue weighted by Gasteiger charge is 2.35. The lowest BCUT2D eigenvalue weighted by Crippen LogP contribution is -2.47. The van der Waals surface area contributed by atoms with Gasteiger partial charge in [0.1, 0.15) is 6.04 Å². The van der Waals surface area contributed by atoms with Crippen LogP contribution < -0.4 is 5.32 Å². The monoisotopic (exact) mass is 329 g/mol. The quantitative estimate of drug-likeness (QED) is 0.903. The highest BCUT2D eigenvalue weighted by molar-refractivity contribution is 7.99. The summed E-state index contributed by atoms with van der Waals surface area (Å²) in [5.41, 5.74) is 2.51. The molecule has 1 aliphatic heterocycles. The Hall–Kier alpha value is -2.21. The van der Waals surface area contributed by atoms with Crippen LogP contribution in [0.2, 0.25) is 0 Å². The molecule has 0 radical (unpaired) electrons. The maximum absolute atomic E-state index is 12.6. The lowest BCUT2D eigenvalue weighted by molar-refractivity contribution is -0.124. The van der Waals surface area contributed by atoms with E-state index in [-0.39, 0.29) is 11.8 Å². The Bertz CT molecular complexity index is 699. The molecule has 1 aromatic heterocycles. The van der Waals surface area contributed by atoms with Crippen molar-refractivity contribution in [3.63, 3.8) is 0 Å². The topological polar surface area (TPSA) is 65.2 Å². The molecule has 2 N–H and O–H groups in total. The average molecular weight is 329 g/mol. The molecule has 120 valence electrons. The van der Waals surface area contributed by atoms with Gasteiger partial charge in [0.15, 0.2) is 0 Å². The van der Waals surface area contributed by atoms with E-state index < -0.39 is 6.04 Å². The van der Waals surface area contributed by atoms with Crippen LogP contribution in [0.15, 0.2) is 42.6 Å². The molecule has 0 aliphatic carbocycles. The van der Waals surface area contributed by atoms with Crippen molar-refractivity contribution < 1.29 is 9.59 Å². The van der Waals surface area contributed by atoms with Crippen LogP contribution in [0, 0.1) is 6.92 Å². The summed E-state index contributed by atoms with van der Waals surface area (Å²) in [6.07, 6.45) is 1.75. The van der Waals surface area contributed by atoms with E-state index in [9.17, 15) is 9.59 Å². The summed E-state index contributed by atoms with van der Waals surface area (Å²) in [7, 11) is 0. The van der Waals surface area contributed by atoms with Gasteiger partial charge < -0.3 is 15.2 Å². The smallest absolute Gasteiger partial charge is 0.257 e. The first kappa shape index (κ1) is 15.7. The first-order valence-corrected chi connectivity index (χ1v) is 8.66. The van der Waals surface area contributed by atoms with E-state index in [2.05, 4.69) is 10.3 Å². The van der Waals surface area contributed by atoms with Gasteiger partial charge in [-0.25, -0.2) is 0 Å². The summed E-state index contributed by atoms with van der Waals surface area (Å²) in [4.78, 5) is 29.8. The fourth-order valence-electron chi connectivity index (χ4n) is 2.60. The number of aromatic nitrogens is 1. The molecule has 0 spiro atoms. The van der Waals surface area contributed by atoms with Crippen LogP contribution >= 0.6 is 11.8 Å². The van der Waals surface area contributed by atoms with Gasteiger partial charge >= 0.3 is 0 Å². The summed E-state index contributed by atoms with van der Waals surface area (Å²) < 4.78 is 0. The molecule has 1 aromatic carbocycles. The second kappa shape index (κ2) is 6.91. The Labute approximate surface area is 139 Å². The third-order valence-electron chi connectivity index (χ3n) is 3.94. The van der Waals surface area contributed by atoms with Crippen molar-refractivity contribution >= 4 is 23.6 Å². The van der Waals surface area contributed by atoms with Crippen LogP contribution in [-0.2, 0) is 11.3 Å². The Kier molecular flexibility index (Phi) is 4.71. The first-order chi connectivity index (χ1) is 11.2. The predicted octanol–water partition coefficient (Wildman–Crippen LogP) is 2.15. The predicted molar refractivity (Wildman–Crippen MR) is 91.1 cm³/mol. The molecule has 3 rings (SSSR count). The molecule has 1 fully saturated rings. The highest BCUT2D eigenvalue weighted by atomic mass is 32.2. The number of rotatable bonds is 4. The molecule has 6 heteroatoms. The number of thioether (sulfide) groups is 1. The van der Waals surface area contributed by atoms with Crippen LogP contribution in [0.3, 0.4) is 0 Å². The SMILES string of the molecule is Cc1[nH]ccc1C(=O)N1CSC[C@H]1C(=O)NCc1ccccc1. The van der Waals surface area contributed by atoms with Gasteiger partial charge in [0.25, 0.3) is 5.91 Å². The molecule has 1 saturated heterocycles. The van der Waals surface area contributed by atoms with E-state index in [1.54, 1.807) is 28.9 Å². The molecule has 0 unspecified atom stereocenters. The lowest BCUT2D eigenvalue weighted by Gasteiger charge is -2.23. The average Bonchev–Trinajstić information content (AvgIpc) is 3.22. The maximum atomic E-state index is 12.6. The third kappa shape index (κ3) is 3.42.